The van der Waals surface area contributed by atoms with Crippen LogP contribution >= 0.6 is 0 Å². The molecule has 2 atom stereocenters. The molecule has 0 radical (unpaired) electrons. The van der Waals surface area contributed by atoms with Gasteiger partial charge in [-0.05, 0) is 37.5 Å². The van der Waals surface area contributed by atoms with Gasteiger partial charge in [0.15, 0.2) is 0 Å². The van der Waals surface area contributed by atoms with Crippen molar-refractivity contribution in [2.75, 3.05) is 26.2 Å². The number of hydrogen-bond acceptors (Lipinski definition) is 2. The van der Waals surface area contributed by atoms with E-state index in [9.17, 15) is 22.8 Å². The lowest BCUT2D eigenvalue weighted by Gasteiger charge is -2.42. The second-order valence-corrected chi connectivity index (χ2v) is 7.84. The van der Waals surface area contributed by atoms with Crippen molar-refractivity contribution in [3.8, 4) is 0 Å². The maximum atomic E-state index is 13.4. The van der Waals surface area contributed by atoms with Crippen LogP contribution in [0.2, 0.25) is 0 Å². The zero-order valence-electron chi connectivity index (χ0n) is 14.4. The van der Waals surface area contributed by atoms with Crippen molar-refractivity contribution in [2.24, 2.45) is 11.3 Å². The Morgan fingerprint density at radius 1 is 1.08 bits per heavy atom. The van der Waals surface area contributed by atoms with Crippen molar-refractivity contribution < 1.29 is 22.8 Å². The minimum atomic E-state index is -2.77. The van der Waals surface area contributed by atoms with Crippen LogP contribution in [0, 0.1) is 17.2 Å². The molecule has 1 spiro atoms. The van der Waals surface area contributed by atoms with Crippen LogP contribution in [0.5, 0.6) is 0 Å². The Balaban J connectivity index is 1.47. The predicted octanol–water partition coefficient (Wildman–Crippen LogP) is 2.94. The summed E-state index contributed by atoms with van der Waals surface area (Å²) in [5.74, 6) is -3.97. The van der Waals surface area contributed by atoms with Crippen LogP contribution in [0.15, 0.2) is 24.3 Å². The summed E-state index contributed by atoms with van der Waals surface area (Å²) in [5.41, 5.74) is -0.0318. The molecule has 0 N–H and O–H groups in total. The molecule has 4 rings (SSSR count). The standard InChI is InChI=1S/C19H21F3N2O2/c20-14-4-1-3-13(9-14)16(25)23-8-7-18(10-23)6-2-5-15(18)17(26)24-11-19(21,22)12-24/h1,3-4,9,15H,2,5-8,10-12H2/t15-,18-/m1/s1. The smallest absolute Gasteiger partial charge is 0.282 e. The molecule has 26 heavy (non-hydrogen) atoms. The Kier molecular flexibility index (Phi) is 4.00. The average Bonchev–Trinajstić information content (AvgIpc) is 3.19. The van der Waals surface area contributed by atoms with E-state index in [0.29, 0.717) is 31.5 Å². The number of halogens is 3. The number of carbonyl (C=O) groups is 2. The van der Waals surface area contributed by atoms with Crippen LogP contribution < -0.4 is 0 Å². The van der Waals surface area contributed by atoms with Crippen LogP contribution in [0.25, 0.3) is 0 Å². The van der Waals surface area contributed by atoms with Crippen molar-refractivity contribution in [2.45, 2.75) is 31.6 Å². The van der Waals surface area contributed by atoms with E-state index >= 15 is 0 Å². The van der Waals surface area contributed by atoms with Crippen LogP contribution in [0.4, 0.5) is 13.2 Å². The van der Waals surface area contributed by atoms with Gasteiger partial charge in [-0.15, -0.1) is 0 Å². The molecular formula is C19H21F3N2O2. The Labute approximate surface area is 149 Å². The van der Waals surface area contributed by atoms with Crippen molar-refractivity contribution in [3.63, 3.8) is 0 Å². The Hall–Kier alpha value is -2.05. The van der Waals surface area contributed by atoms with E-state index in [1.807, 2.05) is 0 Å². The number of nitrogens with zero attached hydrogens (tertiary/aromatic N) is 2. The number of benzene rings is 1. The fraction of sp³-hybridized carbons (Fsp3) is 0.579. The Morgan fingerprint density at radius 2 is 1.85 bits per heavy atom. The molecule has 7 heteroatoms. The SMILES string of the molecule is O=C(c1cccc(F)c1)N1CC[C@]2(CCC[C@@H]2C(=O)N2CC(F)(F)C2)C1. The zero-order chi connectivity index (χ0) is 18.5. The predicted molar refractivity (Wildman–Crippen MR) is 88.2 cm³/mol. The lowest BCUT2D eigenvalue weighted by molar-refractivity contribution is -0.172. The van der Waals surface area contributed by atoms with Gasteiger partial charge >= 0.3 is 0 Å². The molecule has 0 bridgehead atoms. The van der Waals surface area contributed by atoms with E-state index in [1.54, 1.807) is 11.0 Å². The van der Waals surface area contributed by atoms with E-state index < -0.39 is 24.8 Å². The quantitative estimate of drug-likeness (QED) is 0.808. The molecule has 2 aliphatic heterocycles. The van der Waals surface area contributed by atoms with Gasteiger partial charge in [0.05, 0.1) is 13.1 Å². The van der Waals surface area contributed by atoms with Gasteiger partial charge in [0.1, 0.15) is 5.82 Å². The summed E-state index contributed by atoms with van der Waals surface area (Å²) < 4.78 is 39.6. The van der Waals surface area contributed by atoms with Crippen LogP contribution in [-0.2, 0) is 4.79 Å². The molecule has 1 aromatic rings. The second-order valence-electron chi connectivity index (χ2n) is 7.84. The first-order chi connectivity index (χ1) is 12.3. The number of rotatable bonds is 2. The van der Waals surface area contributed by atoms with E-state index in [0.717, 1.165) is 12.8 Å². The van der Waals surface area contributed by atoms with E-state index in [1.165, 1.54) is 23.1 Å². The summed E-state index contributed by atoms with van der Waals surface area (Å²) in [6.45, 7) is -0.0486. The highest BCUT2D eigenvalue weighted by Crippen LogP contribution is 2.51. The van der Waals surface area contributed by atoms with Gasteiger partial charge in [-0.1, -0.05) is 12.5 Å². The fourth-order valence-corrected chi connectivity index (χ4v) is 4.77. The number of carbonyl (C=O) groups excluding carboxylic acids is 2. The van der Waals surface area contributed by atoms with Crippen molar-refractivity contribution in [1.29, 1.82) is 0 Å². The third-order valence-corrected chi connectivity index (χ3v) is 6.10. The number of alkyl halides is 2. The summed E-state index contributed by atoms with van der Waals surface area (Å²) in [6, 6.07) is 5.58. The third kappa shape index (κ3) is 2.87. The molecule has 1 aromatic carbocycles. The van der Waals surface area contributed by atoms with Gasteiger partial charge in [-0.2, -0.15) is 0 Å². The molecule has 2 amide bonds. The van der Waals surface area contributed by atoms with Gasteiger partial charge in [-0.25, -0.2) is 13.2 Å². The summed E-state index contributed by atoms with van der Waals surface area (Å²) in [7, 11) is 0. The van der Waals surface area contributed by atoms with Gasteiger partial charge in [0.2, 0.25) is 5.91 Å². The van der Waals surface area contributed by atoms with E-state index in [4.69, 9.17) is 0 Å². The zero-order valence-corrected chi connectivity index (χ0v) is 14.4. The first-order valence-corrected chi connectivity index (χ1v) is 9.01. The normalized spacial score (nSPS) is 29.9. The van der Waals surface area contributed by atoms with Crippen LogP contribution in [0.1, 0.15) is 36.0 Å². The molecule has 2 heterocycles. The van der Waals surface area contributed by atoms with E-state index in [-0.39, 0.29) is 23.1 Å². The largest absolute Gasteiger partial charge is 0.338 e. The average molecular weight is 366 g/mol. The maximum absolute atomic E-state index is 13.4. The molecule has 2 saturated heterocycles. The molecule has 3 aliphatic rings. The lowest BCUT2D eigenvalue weighted by Crippen LogP contribution is -2.60. The Bertz CT molecular complexity index is 746. The van der Waals surface area contributed by atoms with Crippen LogP contribution in [-0.4, -0.2) is 53.7 Å². The molecule has 1 aliphatic carbocycles. The van der Waals surface area contributed by atoms with Gasteiger partial charge < -0.3 is 9.80 Å². The summed E-state index contributed by atoms with van der Waals surface area (Å²) in [6.07, 6.45) is 3.06. The first-order valence-electron chi connectivity index (χ1n) is 9.01. The first kappa shape index (κ1) is 17.4. The van der Waals surface area contributed by atoms with Crippen molar-refractivity contribution >= 4 is 11.8 Å². The maximum Gasteiger partial charge on any atom is 0.282 e. The highest BCUT2D eigenvalue weighted by molar-refractivity contribution is 5.94. The summed E-state index contributed by atoms with van der Waals surface area (Å²) in [5, 5.41) is 0. The van der Waals surface area contributed by atoms with Gasteiger partial charge in [0, 0.05) is 30.0 Å². The Morgan fingerprint density at radius 3 is 2.54 bits per heavy atom. The highest BCUT2D eigenvalue weighted by atomic mass is 19.3. The van der Waals surface area contributed by atoms with Crippen LogP contribution in [0.3, 0.4) is 0 Å². The molecule has 0 aromatic heterocycles. The third-order valence-electron chi connectivity index (χ3n) is 6.10. The molecule has 3 fully saturated rings. The molecule has 140 valence electrons. The monoisotopic (exact) mass is 366 g/mol. The molecule has 4 nitrogen and oxygen atoms in total. The summed E-state index contributed by atoms with van der Waals surface area (Å²) >= 11 is 0. The van der Waals surface area contributed by atoms with E-state index in [2.05, 4.69) is 0 Å². The lowest BCUT2D eigenvalue weighted by atomic mass is 9.76. The van der Waals surface area contributed by atoms with Crippen molar-refractivity contribution in [1.82, 2.24) is 9.80 Å². The topological polar surface area (TPSA) is 40.6 Å². The number of likely N-dealkylation sites (tertiary alicyclic amines) is 2. The second kappa shape index (κ2) is 5.99. The molecular weight excluding hydrogens is 345 g/mol. The summed E-state index contributed by atoms with van der Waals surface area (Å²) in [4.78, 5) is 28.3. The highest BCUT2D eigenvalue weighted by Gasteiger charge is 2.55. The fourth-order valence-electron chi connectivity index (χ4n) is 4.77. The number of hydrogen-bond donors (Lipinski definition) is 0. The van der Waals surface area contributed by atoms with Gasteiger partial charge in [0.25, 0.3) is 11.8 Å². The van der Waals surface area contributed by atoms with Gasteiger partial charge in [-0.3, -0.25) is 9.59 Å². The molecule has 0 unspecified atom stereocenters. The van der Waals surface area contributed by atoms with Crippen molar-refractivity contribution in [3.05, 3.63) is 35.6 Å². The molecule has 1 saturated carbocycles. The number of amides is 2. The minimum absolute atomic E-state index is 0.200. The minimum Gasteiger partial charge on any atom is -0.338 e.